The van der Waals surface area contributed by atoms with E-state index in [4.69, 9.17) is 4.74 Å². The number of rotatable bonds is 4. The molecule has 0 aromatic carbocycles. The van der Waals surface area contributed by atoms with Gasteiger partial charge in [0.25, 0.3) is 0 Å². The van der Waals surface area contributed by atoms with Crippen molar-refractivity contribution in [1.82, 2.24) is 4.90 Å². The van der Waals surface area contributed by atoms with Gasteiger partial charge in [0.15, 0.2) is 0 Å². The van der Waals surface area contributed by atoms with Crippen LogP contribution in [-0.4, -0.2) is 50.6 Å². The number of carbonyl (C=O) groups is 1. The summed E-state index contributed by atoms with van der Waals surface area (Å²) < 4.78 is 13.5. The Bertz CT molecular complexity index is 213. The van der Waals surface area contributed by atoms with Gasteiger partial charge in [-0.2, -0.15) is 0 Å². The van der Waals surface area contributed by atoms with E-state index in [1.165, 1.54) is 0 Å². The molecule has 1 rings (SSSR count). The van der Waals surface area contributed by atoms with Crippen LogP contribution in [0.2, 0.25) is 0 Å². The van der Waals surface area contributed by atoms with Gasteiger partial charge in [0.2, 0.25) is 6.79 Å². The Kier molecular flexibility index (Phi) is 4.89. The lowest BCUT2D eigenvalue weighted by Gasteiger charge is -2.28. The average molecular weight is 216 g/mol. The molecule has 0 atom stereocenters. The first-order chi connectivity index (χ1) is 7.22. The van der Waals surface area contributed by atoms with Crippen LogP contribution in [0, 0.1) is 0 Å². The molecule has 0 N–H and O–H groups in total. The van der Waals surface area contributed by atoms with Gasteiger partial charge in [0.05, 0.1) is 0 Å². The highest BCUT2D eigenvalue weighted by atomic mass is 16.8. The van der Waals surface area contributed by atoms with Gasteiger partial charge < -0.3 is 19.1 Å². The monoisotopic (exact) mass is 216 g/mol. The molecular weight excluding hydrogens is 202 g/mol. The number of likely N-dealkylation sites (tertiary alicyclic amines) is 1. The van der Waals surface area contributed by atoms with Crippen LogP contribution >= 0.6 is 0 Å². The summed E-state index contributed by atoms with van der Waals surface area (Å²) in [6, 6.07) is 0. The molecule has 1 fully saturated rings. The molecule has 1 aliphatic rings. The molecule has 85 valence electrons. The highest BCUT2D eigenvalue weighted by molar-refractivity contribution is 5.60. The minimum Gasteiger partial charge on any atom is -0.431 e. The predicted octanol–water partition coefficient (Wildman–Crippen LogP) is 0.275. The Labute approximate surface area is 88.1 Å². The second kappa shape index (κ2) is 6.23. The molecule has 0 aromatic heterocycles. The number of hydrogen-bond donors (Lipinski definition) is 0. The smallest absolute Gasteiger partial charge is 0.431 e. The molecule has 0 spiro atoms. The van der Waals surface area contributed by atoms with Gasteiger partial charge in [-0.1, -0.05) is 0 Å². The first-order valence-corrected chi connectivity index (χ1v) is 4.73. The van der Waals surface area contributed by atoms with Crippen LogP contribution in [0.5, 0.6) is 0 Å². The lowest BCUT2D eigenvalue weighted by Crippen LogP contribution is -2.35. The maximum absolute atomic E-state index is 11.0. The first kappa shape index (κ1) is 11.8. The molecule has 0 bridgehead atoms. The Morgan fingerprint density at radius 1 is 1.47 bits per heavy atom. The molecule has 0 aromatic rings. The molecule has 0 aliphatic carbocycles. The van der Waals surface area contributed by atoms with Crippen LogP contribution in [0.15, 0.2) is 0 Å². The quantitative estimate of drug-likeness (QED) is 0.382. The summed E-state index contributed by atoms with van der Waals surface area (Å²) in [6.45, 7) is 2.49. The van der Waals surface area contributed by atoms with Gasteiger partial charge in [-0.05, 0) is 19.9 Å². The lowest BCUT2D eigenvalue weighted by atomic mass is 10.1. The van der Waals surface area contributed by atoms with Gasteiger partial charge in [0, 0.05) is 13.1 Å². The van der Waals surface area contributed by atoms with Gasteiger partial charge in [0.1, 0.15) is 6.10 Å². The summed E-state index contributed by atoms with van der Waals surface area (Å²) in [5, 5.41) is 0. The number of carbonyl (C=O) groups excluding carboxylic acids is 2. The Balaban J connectivity index is 2.12. The van der Waals surface area contributed by atoms with Crippen molar-refractivity contribution in [2.75, 3.05) is 26.9 Å². The topological polar surface area (TPSA) is 65.1 Å². The van der Waals surface area contributed by atoms with Crippen molar-refractivity contribution in [2.24, 2.45) is 0 Å². The standard InChI is InChI=1S/C9H14NO5/c1-10-4-2-8(3-5-10)15-9(12)14-7-13-6-11/h8H,2-5,7H2,1H3. The molecule has 6 heteroatoms. The van der Waals surface area contributed by atoms with Gasteiger partial charge >= 0.3 is 12.6 Å². The molecule has 0 unspecified atom stereocenters. The van der Waals surface area contributed by atoms with E-state index < -0.39 is 12.9 Å². The Morgan fingerprint density at radius 3 is 2.73 bits per heavy atom. The third-order valence-corrected chi connectivity index (χ3v) is 2.22. The SMILES string of the molecule is CN1CCC(OC(=O)OCO[C]=O)CC1. The van der Waals surface area contributed by atoms with Crippen molar-refractivity contribution in [2.45, 2.75) is 18.9 Å². The zero-order valence-corrected chi connectivity index (χ0v) is 8.60. The number of ether oxygens (including phenoxy) is 3. The van der Waals surface area contributed by atoms with Crippen molar-refractivity contribution in [3.8, 4) is 0 Å². The first-order valence-electron chi connectivity index (χ1n) is 4.73. The molecule has 1 saturated heterocycles. The molecule has 0 saturated carbocycles. The normalized spacial score (nSPS) is 18.2. The van der Waals surface area contributed by atoms with Crippen molar-refractivity contribution >= 4 is 12.6 Å². The maximum atomic E-state index is 11.0. The predicted molar refractivity (Wildman–Crippen MR) is 49.7 cm³/mol. The Hall–Kier alpha value is -1.30. The van der Waals surface area contributed by atoms with Crippen molar-refractivity contribution in [3.63, 3.8) is 0 Å². The third kappa shape index (κ3) is 4.64. The third-order valence-electron chi connectivity index (χ3n) is 2.22. The van der Waals surface area contributed by atoms with E-state index in [2.05, 4.69) is 14.4 Å². The van der Waals surface area contributed by atoms with Crippen LogP contribution in [0.25, 0.3) is 0 Å². The summed E-state index contributed by atoms with van der Waals surface area (Å²) in [4.78, 5) is 22.8. The van der Waals surface area contributed by atoms with E-state index in [0.717, 1.165) is 32.4 Å². The van der Waals surface area contributed by atoms with E-state index in [0.29, 0.717) is 0 Å². The molecule has 6 nitrogen and oxygen atoms in total. The maximum Gasteiger partial charge on any atom is 0.511 e. The van der Waals surface area contributed by atoms with Gasteiger partial charge in [-0.15, -0.1) is 0 Å². The Morgan fingerprint density at radius 2 is 2.13 bits per heavy atom. The summed E-state index contributed by atoms with van der Waals surface area (Å²) in [7, 11) is 2.02. The van der Waals surface area contributed by atoms with E-state index in [-0.39, 0.29) is 6.10 Å². The molecule has 1 aliphatic heterocycles. The van der Waals surface area contributed by atoms with Crippen LogP contribution in [0.1, 0.15) is 12.8 Å². The number of nitrogens with zero attached hydrogens (tertiary/aromatic N) is 1. The molecule has 1 radical (unpaired) electrons. The summed E-state index contributed by atoms with van der Waals surface area (Å²) in [5.74, 6) is 0. The number of piperidine rings is 1. The van der Waals surface area contributed by atoms with Gasteiger partial charge in [-0.25, -0.2) is 9.59 Å². The van der Waals surface area contributed by atoms with Crippen LogP contribution in [0.3, 0.4) is 0 Å². The molecule has 0 amide bonds. The van der Waals surface area contributed by atoms with E-state index >= 15 is 0 Å². The van der Waals surface area contributed by atoms with E-state index in [1.54, 1.807) is 0 Å². The minimum atomic E-state index is -0.806. The van der Waals surface area contributed by atoms with Crippen LogP contribution < -0.4 is 0 Å². The second-order valence-electron chi connectivity index (χ2n) is 3.36. The summed E-state index contributed by atoms with van der Waals surface area (Å²) >= 11 is 0. The minimum absolute atomic E-state index is 0.103. The van der Waals surface area contributed by atoms with Crippen molar-refractivity contribution < 1.29 is 23.8 Å². The molecular formula is C9H14NO5. The highest BCUT2D eigenvalue weighted by Gasteiger charge is 2.20. The van der Waals surface area contributed by atoms with Gasteiger partial charge in [-0.3, -0.25) is 0 Å². The zero-order chi connectivity index (χ0) is 11.1. The second-order valence-corrected chi connectivity index (χ2v) is 3.36. The molecule has 1 heterocycles. The lowest BCUT2D eigenvalue weighted by molar-refractivity contribution is -0.0308. The van der Waals surface area contributed by atoms with E-state index in [9.17, 15) is 9.59 Å². The van der Waals surface area contributed by atoms with Crippen LogP contribution in [0.4, 0.5) is 4.79 Å². The van der Waals surface area contributed by atoms with Crippen molar-refractivity contribution in [1.29, 1.82) is 0 Å². The zero-order valence-electron chi connectivity index (χ0n) is 8.60. The fourth-order valence-corrected chi connectivity index (χ4v) is 1.37. The fourth-order valence-electron chi connectivity index (χ4n) is 1.37. The summed E-state index contributed by atoms with van der Waals surface area (Å²) in [6.07, 6.45) is 0.687. The largest absolute Gasteiger partial charge is 0.511 e. The number of hydrogen-bond acceptors (Lipinski definition) is 6. The average Bonchev–Trinajstić information content (AvgIpc) is 2.22. The summed E-state index contributed by atoms with van der Waals surface area (Å²) in [5.41, 5.74) is 0. The van der Waals surface area contributed by atoms with E-state index in [1.807, 2.05) is 7.05 Å². The van der Waals surface area contributed by atoms with Crippen LogP contribution in [-0.2, 0) is 19.0 Å². The fraction of sp³-hybridized carbons (Fsp3) is 0.778. The van der Waals surface area contributed by atoms with Crippen molar-refractivity contribution in [3.05, 3.63) is 0 Å². The molecule has 15 heavy (non-hydrogen) atoms. The highest BCUT2D eigenvalue weighted by Crippen LogP contribution is 2.12.